The predicted octanol–water partition coefficient (Wildman–Crippen LogP) is 3.99. The molecule has 0 bridgehead atoms. The smallest absolute Gasteiger partial charge is 0.314 e. The van der Waals surface area contributed by atoms with Crippen molar-refractivity contribution < 1.29 is 9.53 Å². The monoisotopic (exact) mass is 240 g/mol. The molecule has 88 valence electrons. The van der Waals surface area contributed by atoms with Gasteiger partial charge in [-0.2, -0.15) is 0 Å². The number of halogens is 1. The lowest BCUT2D eigenvalue weighted by Gasteiger charge is -2.12. The summed E-state index contributed by atoms with van der Waals surface area (Å²) in [5.74, 6) is 0.215. The number of benzene rings is 1. The summed E-state index contributed by atoms with van der Waals surface area (Å²) in [7, 11) is 0. The SMILES string of the molecule is CCC(CC)C(=O)Oc1cc(C)ccc1Cl. The van der Waals surface area contributed by atoms with Crippen LogP contribution in [0.15, 0.2) is 18.2 Å². The van der Waals surface area contributed by atoms with Gasteiger partial charge < -0.3 is 4.74 Å². The molecule has 0 saturated heterocycles. The summed E-state index contributed by atoms with van der Waals surface area (Å²) < 4.78 is 5.30. The number of hydrogen-bond donors (Lipinski definition) is 0. The largest absolute Gasteiger partial charge is 0.425 e. The Bertz CT molecular complexity index is 370. The molecule has 0 amide bonds. The zero-order chi connectivity index (χ0) is 12.1. The third kappa shape index (κ3) is 3.24. The lowest BCUT2D eigenvalue weighted by molar-refractivity contribution is -0.139. The van der Waals surface area contributed by atoms with E-state index in [1.54, 1.807) is 12.1 Å². The van der Waals surface area contributed by atoms with Gasteiger partial charge in [0.1, 0.15) is 5.75 Å². The van der Waals surface area contributed by atoms with Crippen molar-refractivity contribution in [3.05, 3.63) is 28.8 Å². The van der Waals surface area contributed by atoms with E-state index in [0.717, 1.165) is 18.4 Å². The molecule has 0 atom stereocenters. The van der Waals surface area contributed by atoms with Crippen LogP contribution in [0.3, 0.4) is 0 Å². The average Bonchev–Trinajstić information content (AvgIpc) is 2.25. The molecule has 1 aromatic carbocycles. The summed E-state index contributed by atoms with van der Waals surface area (Å²) in [6.07, 6.45) is 1.58. The second-order valence-electron chi connectivity index (χ2n) is 3.87. The van der Waals surface area contributed by atoms with Crippen molar-refractivity contribution >= 4 is 17.6 Å². The van der Waals surface area contributed by atoms with Crippen molar-refractivity contribution in [2.24, 2.45) is 5.92 Å². The second kappa shape index (κ2) is 5.90. The van der Waals surface area contributed by atoms with Gasteiger partial charge in [0.2, 0.25) is 0 Å². The molecule has 0 fully saturated rings. The lowest BCUT2D eigenvalue weighted by atomic mass is 10.0. The van der Waals surface area contributed by atoms with E-state index in [2.05, 4.69) is 0 Å². The first-order valence-electron chi connectivity index (χ1n) is 5.56. The van der Waals surface area contributed by atoms with E-state index in [1.165, 1.54) is 0 Å². The van der Waals surface area contributed by atoms with Gasteiger partial charge in [-0.1, -0.05) is 31.5 Å². The first-order valence-corrected chi connectivity index (χ1v) is 5.94. The number of carbonyl (C=O) groups excluding carboxylic acids is 1. The first kappa shape index (κ1) is 13.0. The van der Waals surface area contributed by atoms with Crippen molar-refractivity contribution in [1.82, 2.24) is 0 Å². The maximum atomic E-state index is 11.8. The fourth-order valence-corrected chi connectivity index (χ4v) is 1.66. The maximum absolute atomic E-state index is 11.8. The Labute approximate surface area is 102 Å². The fourth-order valence-electron chi connectivity index (χ4n) is 1.50. The van der Waals surface area contributed by atoms with Crippen molar-refractivity contribution in [1.29, 1.82) is 0 Å². The van der Waals surface area contributed by atoms with E-state index >= 15 is 0 Å². The molecule has 0 aliphatic heterocycles. The molecule has 0 aliphatic carbocycles. The quantitative estimate of drug-likeness (QED) is 0.588. The summed E-state index contributed by atoms with van der Waals surface area (Å²) in [5.41, 5.74) is 1.02. The molecule has 0 aromatic heterocycles. The Balaban J connectivity index is 2.80. The molecule has 16 heavy (non-hydrogen) atoms. The van der Waals surface area contributed by atoms with Crippen LogP contribution in [0.2, 0.25) is 5.02 Å². The highest BCUT2D eigenvalue weighted by Crippen LogP contribution is 2.26. The maximum Gasteiger partial charge on any atom is 0.314 e. The minimum atomic E-state index is -0.197. The summed E-state index contributed by atoms with van der Waals surface area (Å²) in [6, 6.07) is 5.41. The highest BCUT2D eigenvalue weighted by Gasteiger charge is 2.17. The molecular weight excluding hydrogens is 224 g/mol. The van der Waals surface area contributed by atoms with Gasteiger partial charge in [-0.05, 0) is 37.5 Å². The van der Waals surface area contributed by atoms with E-state index < -0.39 is 0 Å². The summed E-state index contributed by atoms with van der Waals surface area (Å²) in [4.78, 5) is 11.8. The van der Waals surface area contributed by atoms with Gasteiger partial charge in [-0.15, -0.1) is 0 Å². The van der Waals surface area contributed by atoms with Crippen LogP contribution >= 0.6 is 11.6 Å². The molecule has 2 nitrogen and oxygen atoms in total. The average molecular weight is 241 g/mol. The molecule has 0 N–H and O–H groups in total. The van der Waals surface area contributed by atoms with Gasteiger partial charge in [-0.3, -0.25) is 4.79 Å². The number of rotatable bonds is 4. The standard InChI is InChI=1S/C13H17ClO2/c1-4-10(5-2)13(15)16-12-8-9(3)6-7-11(12)14/h6-8,10H,4-5H2,1-3H3. The van der Waals surface area contributed by atoms with Crippen LogP contribution in [0.25, 0.3) is 0 Å². The van der Waals surface area contributed by atoms with E-state index in [4.69, 9.17) is 16.3 Å². The molecule has 1 rings (SSSR count). The van der Waals surface area contributed by atoms with E-state index in [-0.39, 0.29) is 11.9 Å². The minimum absolute atomic E-state index is 0.0448. The number of esters is 1. The zero-order valence-electron chi connectivity index (χ0n) is 9.92. The van der Waals surface area contributed by atoms with Crippen molar-refractivity contribution in [3.63, 3.8) is 0 Å². The molecule has 3 heteroatoms. The van der Waals surface area contributed by atoms with Crippen LogP contribution in [0.5, 0.6) is 5.75 Å². The molecule has 0 saturated carbocycles. The molecule has 0 unspecified atom stereocenters. The normalized spacial score (nSPS) is 10.6. The zero-order valence-corrected chi connectivity index (χ0v) is 10.7. The van der Waals surface area contributed by atoms with Gasteiger partial charge in [0, 0.05) is 0 Å². The Kier molecular flexibility index (Phi) is 4.81. The molecule has 0 radical (unpaired) electrons. The van der Waals surface area contributed by atoms with Crippen LogP contribution in [0.1, 0.15) is 32.3 Å². The number of ether oxygens (including phenoxy) is 1. The number of hydrogen-bond acceptors (Lipinski definition) is 2. The topological polar surface area (TPSA) is 26.3 Å². The molecular formula is C13H17ClO2. The van der Waals surface area contributed by atoms with Crippen molar-refractivity contribution in [3.8, 4) is 5.75 Å². The summed E-state index contributed by atoms with van der Waals surface area (Å²) in [6.45, 7) is 5.89. The third-order valence-corrected chi connectivity index (χ3v) is 2.93. The predicted molar refractivity (Wildman–Crippen MR) is 65.9 cm³/mol. The Morgan fingerprint density at radius 1 is 1.38 bits per heavy atom. The van der Waals surface area contributed by atoms with Crippen LogP contribution in [0, 0.1) is 12.8 Å². The van der Waals surface area contributed by atoms with E-state index in [0.29, 0.717) is 10.8 Å². The van der Waals surface area contributed by atoms with Gasteiger partial charge in [0.15, 0.2) is 0 Å². The van der Waals surface area contributed by atoms with Crippen molar-refractivity contribution in [2.75, 3.05) is 0 Å². The molecule has 0 heterocycles. The van der Waals surface area contributed by atoms with Gasteiger partial charge >= 0.3 is 5.97 Å². The van der Waals surface area contributed by atoms with Gasteiger partial charge in [0.25, 0.3) is 0 Å². The Morgan fingerprint density at radius 3 is 2.56 bits per heavy atom. The van der Waals surface area contributed by atoms with E-state index in [9.17, 15) is 4.79 Å². The van der Waals surface area contributed by atoms with Gasteiger partial charge in [0.05, 0.1) is 10.9 Å². The lowest BCUT2D eigenvalue weighted by Crippen LogP contribution is -2.19. The van der Waals surface area contributed by atoms with Crippen LogP contribution < -0.4 is 4.74 Å². The Morgan fingerprint density at radius 2 is 2.00 bits per heavy atom. The summed E-state index contributed by atoms with van der Waals surface area (Å²) in [5, 5.41) is 0.477. The van der Waals surface area contributed by atoms with Crippen LogP contribution in [-0.2, 0) is 4.79 Å². The minimum Gasteiger partial charge on any atom is -0.425 e. The third-order valence-electron chi connectivity index (χ3n) is 2.62. The van der Waals surface area contributed by atoms with E-state index in [1.807, 2.05) is 26.8 Å². The fraction of sp³-hybridized carbons (Fsp3) is 0.462. The molecule has 0 spiro atoms. The highest BCUT2D eigenvalue weighted by atomic mass is 35.5. The number of carbonyl (C=O) groups is 1. The Hall–Kier alpha value is -1.02. The molecule has 0 aliphatic rings. The first-order chi connectivity index (χ1) is 7.58. The highest BCUT2D eigenvalue weighted by molar-refractivity contribution is 6.32. The van der Waals surface area contributed by atoms with Crippen molar-refractivity contribution in [2.45, 2.75) is 33.6 Å². The second-order valence-corrected chi connectivity index (χ2v) is 4.28. The van der Waals surface area contributed by atoms with Crippen LogP contribution in [-0.4, -0.2) is 5.97 Å². The molecule has 1 aromatic rings. The van der Waals surface area contributed by atoms with Gasteiger partial charge in [-0.25, -0.2) is 0 Å². The summed E-state index contributed by atoms with van der Waals surface area (Å²) >= 11 is 5.95. The van der Waals surface area contributed by atoms with Crippen LogP contribution in [0.4, 0.5) is 0 Å². The number of aryl methyl sites for hydroxylation is 1.